The molecule has 0 spiro atoms. The van der Waals surface area contributed by atoms with Crippen molar-refractivity contribution >= 4 is 23.0 Å². The van der Waals surface area contributed by atoms with Crippen molar-refractivity contribution in [2.24, 2.45) is 5.73 Å². The fraction of sp³-hybridized carbons (Fsp3) is 0.400. The van der Waals surface area contributed by atoms with Gasteiger partial charge in [-0.2, -0.15) is 0 Å². The van der Waals surface area contributed by atoms with E-state index in [2.05, 4.69) is 0 Å². The standard InChI is InChI=1S/C25H25F5N4O4/c1-11-7-16-23(14(12(11)2)8-17(35)32(3)24(31)36)34(25(37)33(16)9-13-5-4-6-38-13)10-15-18(26)20(28)22(30)21(29)19(15)27/h7,13H,4-6,8-10H2,1-3H3,(H2,31,36). The maximum atomic E-state index is 14.6. The summed E-state index contributed by atoms with van der Waals surface area (Å²) in [5.41, 5.74) is 4.99. The minimum atomic E-state index is -2.32. The quantitative estimate of drug-likeness (QED) is 0.294. The van der Waals surface area contributed by atoms with Crippen molar-refractivity contribution in [2.45, 2.75) is 52.3 Å². The zero-order valence-corrected chi connectivity index (χ0v) is 20.8. The Labute approximate surface area is 213 Å². The van der Waals surface area contributed by atoms with E-state index >= 15 is 0 Å². The second-order valence-corrected chi connectivity index (χ2v) is 9.30. The van der Waals surface area contributed by atoms with Crippen LogP contribution in [0.4, 0.5) is 26.7 Å². The number of nitrogens with zero attached hydrogens (tertiary/aromatic N) is 3. The fourth-order valence-electron chi connectivity index (χ4n) is 4.67. The van der Waals surface area contributed by atoms with E-state index < -0.39 is 65.2 Å². The lowest BCUT2D eigenvalue weighted by atomic mass is 9.98. The zero-order valence-electron chi connectivity index (χ0n) is 20.8. The molecule has 1 aliphatic rings. The molecule has 1 aromatic heterocycles. The van der Waals surface area contributed by atoms with Gasteiger partial charge in [-0.25, -0.2) is 31.5 Å². The molecular formula is C25H25F5N4O4. The van der Waals surface area contributed by atoms with Crippen LogP contribution in [-0.2, 0) is 29.0 Å². The van der Waals surface area contributed by atoms with Crippen molar-refractivity contribution in [1.29, 1.82) is 0 Å². The molecule has 1 fully saturated rings. The number of carbonyl (C=O) groups excluding carboxylic acids is 2. The second-order valence-electron chi connectivity index (χ2n) is 9.30. The Kier molecular flexibility index (Phi) is 7.33. The molecule has 2 heterocycles. The number of amides is 3. The van der Waals surface area contributed by atoms with Crippen LogP contribution >= 0.6 is 0 Å². The number of halogens is 5. The number of hydrogen-bond acceptors (Lipinski definition) is 4. The number of imide groups is 1. The van der Waals surface area contributed by atoms with E-state index in [0.29, 0.717) is 29.1 Å². The number of hydrogen-bond donors (Lipinski definition) is 1. The van der Waals surface area contributed by atoms with Crippen LogP contribution in [0.5, 0.6) is 0 Å². The van der Waals surface area contributed by atoms with Crippen LogP contribution in [0.3, 0.4) is 0 Å². The van der Waals surface area contributed by atoms with Crippen LogP contribution in [0.1, 0.15) is 35.1 Å². The number of benzene rings is 2. The van der Waals surface area contributed by atoms with Gasteiger partial charge in [0.2, 0.25) is 11.7 Å². The molecule has 38 heavy (non-hydrogen) atoms. The highest BCUT2D eigenvalue weighted by Gasteiger charge is 2.30. The minimum absolute atomic E-state index is 0.0614. The van der Waals surface area contributed by atoms with Crippen molar-refractivity contribution in [2.75, 3.05) is 13.7 Å². The predicted molar refractivity (Wildman–Crippen MR) is 126 cm³/mol. The molecule has 3 aromatic rings. The van der Waals surface area contributed by atoms with Gasteiger partial charge in [0.1, 0.15) is 0 Å². The van der Waals surface area contributed by atoms with E-state index in [1.165, 1.54) is 4.57 Å². The number of aryl methyl sites for hydroxylation is 1. The first-order valence-electron chi connectivity index (χ1n) is 11.7. The van der Waals surface area contributed by atoms with E-state index in [4.69, 9.17) is 10.5 Å². The first-order chi connectivity index (χ1) is 17.8. The van der Waals surface area contributed by atoms with Crippen molar-refractivity contribution in [3.8, 4) is 0 Å². The Morgan fingerprint density at radius 1 is 1.03 bits per heavy atom. The Balaban J connectivity index is 2.00. The summed E-state index contributed by atoms with van der Waals surface area (Å²) in [6, 6.07) is 0.619. The predicted octanol–water partition coefficient (Wildman–Crippen LogP) is 3.42. The van der Waals surface area contributed by atoms with Crippen LogP contribution in [0, 0.1) is 42.9 Å². The number of urea groups is 1. The average Bonchev–Trinajstić information content (AvgIpc) is 3.48. The highest BCUT2D eigenvalue weighted by molar-refractivity contribution is 5.96. The summed E-state index contributed by atoms with van der Waals surface area (Å²) in [6.07, 6.45) is 0.647. The summed E-state index contributed by atoms with van der Waals surface area (Å²) in [4.78, 5) is 38.6. The number of fused-ring (bicyclic) bond motifs is 1. The Hall–Kier alpha value is -3.74. The van der Waals surface area contributed by atoms with Crippen LogP contribution in [-0.4, -0.2) is 45.7 Å². The molecule has 1 unspecified atom stereocenters. The summed E-state index contributed by atoms with van der Waals surface area (Å²) >= 11 is 0. The molecule has 0 aliphatic carbocycles. The van der Waals surface area contributed by atoms with Gasteiger partial charge in [0, 0.05) is 19.2 Å². The van der Waals surface area contributed by atoms with Crippen molar-refractivity contribution < 1.29 is 36.3 Å². The van der Waals surface area contributed by atoms with E-state index in [1.807, 2.05) is 0 Å². The average molecular weight is 540 g/mol. The molecule has 1 saturated heterocycles. The summed E-state index contributed by atoms with van der Waals surface area (Å²) < 4.78 is 78.7. The van der Waals surface area contributed by atoms with E-state index in [0.717, 1.165) is 18.0 Å². The number of aromatic nitrogens is 2. The number of likely N-dealkylation sites (N-methyl/N-ethyl adjacent to an activating group) is 1. The van der Waals surface area contributed by atoms with Crippen LogP contribution < -0.4 is 11.4 Å². The minimum Gasteiger partial charge on any atom is -0.376 e. The first-order valence-corrected chi connectivity index (χ1v) is 11.7. The molecule has 0 radical (unpaired) electrons. The van der Waals surface area contributed by atoms with Crippen molar-refractivity contribution in [1.82, 2.24) is 14.0 Å². The summed E-state index contributed by atoms with van der Waals surface area (Å²) in [7, 11) is 1.16. The van der Waals surface area contributed by atoms with Gasteiger partial charge in [0.25, 0.3) is 0 Å². The molecule has 4 rings (SSSR count). The molecule has 2 aromatic carbocycles. The Morgan fingerprint density at radius 3 is 2.18 bits per heavy atom. The first kappa shape index (κ1) is 27.3. The molecule has 8 nitrogen and oxygen atoms in total. The summed E-state index contributed by atoms with van der Waals surface area (Å²) in [6.45, 7) is 2.92. The largest absolute Gasteiger partial charge is 0.376 e. The highest BCUT2D eigenvalue weighted by Crippen LogP contribution is 2.30. The number of carbonyl (C=O) groups is 2. The Bertz CT molecular complexity index is 1500. The Morgan fingerprint density at radius 2 is 1.63 bits per heavy atom. The van der Waals surface area contributed by atoms with Gasteiger partial charge in [-0.05, 0) is 49.4 Å². The maximum absolute atomic E-state index is 14.6. The molecule has 204 valence electrons. The van der Waals surface area contributed by atoms with Gasteiger partial charge < -0.3 is 10.5 Å². The molecular weight excluding hydrogens is 515 g/mol. The lowest BCUT2D eigenvalue weighted by Crippen LogP contribution is -2.38. The van der Waals surface area contributed by atoms with Gasteiger partial charge in [-0.1, -0.05) is 0 Å². The number of nitrogens with two attached hydrogens (primary N) is 1. The smallest absolute Gasteiger partial charge is 0.329 e. The van der Waals surface area contributed by atoms with Gasteiger partial charge in [-0.15, -0.1) is 0 Å². The number of imidazole rings is 1. The van der Waals surface area contributed by atoms with E-state index in [9.17, 15) is 36.3 Å². The lowest BCUT2D eigenvalue weighted by molar-refractivity contribution is -0.126. The summed E-state index contributed by atoms with van der Waals surface area (Å²) in [5, 5.41) is 0. The third kappa shape index (κ3) is 4.55. The molecule has 2 N–H and O–H groups in total. The maximum Gasteiger partial charge on any atom is 0.329 e. The molecule has 0 bridgehead atoms. The number of primary amides is 1. The third-order valence-electron chi connectivity index (χ3n) is 7.01. The molecule has 0 saturated carbocycles. The van der Waals surface area contributed by atoms with E-state index in [1.54, 1.807) is 19.9 Å². The topological polar surface area (TPSA) is 99.6 Å². The second kappa shape index (κ2) is 10.2. The lowest BCUT2D eigenvalue weighted by Gasteiger charge is -2.17. The van der Waals surface area contributed by atoms with Gasteiger partial charge in [0.15, 0.2) is 23.3 Å². The van der Waals surface area contributed by atoms with Gasteiger partial charge in [0.05, 0.1) is 36.6 Å². The molecule has 13 heteroatoms. The van der Waals surface area contributed by atoms with Crippen LogP contribution in [0.15, 0.2) is 10.9 Å². The molecule has 3 amide bonds. The molecule has 1 aliphatic heterocycles. The normalized spacial score (nSPS) is 15.4. The van der Waals surface area contributed by atoms with Crippen molar-refractivity contribution in [3.63, 3.8) is 0 Å². The van der Waals surface area contributed by atoms with Crippen LogP contribution in [0.25, 0.3) is 11.0 Å². The van der Waals surface area contributed by atoms with Crippen LogP contribution in [0.2, 0.25) is 0 Å². The number of rotatable bonds is 6. The third-order valence-corrected chi connectivity index (χ3v) is 7.01. The van der Waals surface area contributed by atoms with E-state index in [-0.39, 0.29) is 29.2 Å². The zero-order chi connectivity index (χ0) is 28.0. The monoisotopic (exact) mass is 540 g/mol. The SMILES string of the molecule is Cc1cc2c(c(CC(=O)N(C)C(N)=O)c1C)n(Cc1c(F)c(F)c(F)c(F)c1F)c(=O)n2CC1CCCO1. The van der Waals surface area contributed by atoms with Gasteiger partial charge in [-0.3, -0.25) is 18.8 Å². The summed E-state index contributed by atoms with van der Waals surface area (Å²) in [5.74, 6) is -11.5. The molecule has 1 atom stereocenters. The fourth-order valence-corrected chi connectivity index (χ4v) is 4.67. The number of ether oxygens (including phenoxy) is 1. The highest BCUT2D eigenvalue weighted by atomic mass is 19.2. The van der Waals surface area contributed by atoms with Gasteiger partial charge >= 0.3 is 11.7 Å². The van der Waals surface area contributed by atoms with Crippen molar-refractivity contribution in [3.05, 3.63) is 67.9 Å².